The summed E-state index contributed by atoms with van der Waals surface area (Å²) in [5.41, 5.74) is 24.2. The number of aryl methyl sites for hydroxylation is 7. The Balaban J connectivity index is 0.0000000818. The van der Waals surface area contributed by atoms with Crippen LogP contribution in [-0.2, 0) is 54.7 Å². The second-order valence-electron chi connectivity index (χ2n) is 40.3. The number of para-hydroxylation sites is 7. The Kier molecular flexibility index (Phi) is 20.7. The van der Waals surface area contributed by atoms with Gasteiger partial charge in [-0.1, -0.05) is 311 Å². The molecule has 0 spiro atoms. The van der Waals surface area contributed by atoms with Crippen LogP contribution in [-0.4, -0.2) is 32.0 Å². The van der Waals surface area contributed by atoms with Gasteiger partial charge in [0.25, 0.3) is 0 Å². The highest BCUT2D eigenvalue weighted by Crippen LogP contribution is 2.54. The molecule has 0 unspecified atom stereocenters. The summed E-state index contributed by atoms with van der Waals surface area (Å²) < 4.78 is 32.7. The first kappa shape index (κ1) is 89.0. The molecule has 149 heavy (non-hydrogen) atoms. The summed E-state index contributed by atoms with van der Waals surface area (Å²) in [5, 5.41) is 35.5. The van der Waals surface area contributed by atoms with Crippen LogP contribution < -0.4 is 0 Å². The van der Waals surface area contributed by atoms with E-state index >= 15 is 0 Å². The van der Waals surface area contributed by atoms with E-state index in [1.807, 2.05) is 68.0 Å². The Labute approximate surface area is 881 Å². The Bertz CT molecular complexity index is 11500. The molecule has 0 radical (unpaired) electrons. The van der Waals surface area contributed by atoms with Crippen molar-refractivity contribution in [1.82, 2.24) is 32.0 Å². The molecule has 34 aromatic rings. The van der Waals surface area contributed by atoms with Gasteiger partial charge in [0.15, 0.2) is 0 Å². The zero-order valence-corrected chi connectivity index (χ0v) is 88.4. The van der Waals surface area contributed by atoms with E-state index in [0.717, 1.165) is 0 Å². The van der Waals surface area contributed by atoms with Crippen LogP contribution in [0.1, 0.15) is 25.0 Å². The third kappa shape index (κ3) is 13.6. The summed E-state index contributed by atoms with van der Waals surface area (Å²) in [5.74, 6) is 0. The summed E-state index contributed by atoms with van der Waals surface area (Å²) in [7, 11) is 15.2. The van der Waals surface area contributed by atoms with Crippen molar-refractivity contribution in [3.05, 3.63) is 436 Å². The molecule has 0 N–H and O–H groups in total. The van der Waals surface area contributed by atoms with Gasteiger partial charge in [0.2, 0.25) is 0 Å². The molecule has 13 heterocycles. The standard InChI is InChI=1S/C22H19N.6C19H13NS/c1-22(2)18-10-6-4-8-14(18)16-12-13-17-15-9-5-7-11-19(15)23(3)21(17)20(16)22;1-20-15-8-4-2-7-14(15)18-16(20)11-10-13-12-6-3-5-9-17(12)21-19(13)18;1-20-16-8-4-2-6-12(16)14-11-19-15(10-17(14)20)13-7-3-5-9-18(13)21-19;1-20-16-8-4-2-6-12(16)14-10-15-13-7-3-5-9-18(13)21-19(15)11-17(14)20;1-20-15-8-4-2-6-12(15)13-10-11-17-18(19(13)20)14-7-3-5-9-16(14)21-17;1-20-16-8-4-2-6-12(16)14-10-11-15-13-7-3-5-9-17(13)21-19(15)18(14)20;1-20-14-8-4-2-6-12(14)18-15(20)10-11-17-19(18)13-7-3-5-9-16(13)21-17/h4-13H,1-3H3;6*2-11H,1H3. The first-order chi connectivity index (χ1) is 73.1. The minimum Gasteiger partial charge on any atom is -0.344 e. The summed E-state index contributed by atoms with van der Waals surface area (Å²) in [6.45, 7) is 4.71. The number of fused-ring (bicyclic) bond motifs is 47. The fourth-order valence-electron chi connectivity index (χ4n) is 25.1. The van der Waals surface area contributed by atoms with Crippen molar-refractivity contribution in [1.29, 1.82) is 0 Å². The normalized spacial score (nSPS) is 12.5. The topological polar surface area (TPSA) is 34.5 Å². The van der Waals surface area contributed by atoms with E-state index in [-0.39, 0.29) is 5.41 Å². The highest BCUT2D eigenvalue weighted by Gasteiger charge is 2.38. The number of thiophene rings is 6. The lowest BCUT2D eigenvalue weighted by molar-refractivity contribution is 0.662. The van der Waals surface area contributed by atoms with E-state index in [4.69, 9.17) is 0 Å². The average molecular weight is 2020 g/mol. The first-order valence-corrected chi connectivity index (χ1v) is 55.8. The van der Waals surface area contributed by atoms with Gasteiger partial charge >= 0.3 is 0 Å². The quantitative estimate of drug-likeness (QED) is 0.145. The van der Waals surface area contributed by atoms with Gasteiger partial charge < -0.3 is 32.0 Å². The van der Waals surface area contributed by atoms with Gasteiger partial charge in [-0.05, 0) is 150 Å². The highest BCUT2D eigenvalue weighted by molar-refractivity contribution is 7.28. The summed E-state index contributed by atoms with van der Waals surface area (Å²) >= 11 is 11.3. The Morgan fingerprint density at radius 2 is 0.463 bits per heavy atom. The minimum absolute atomic E-state index is 0.0353. The van der Waals surface area contributed by atoms with Crippen LogP contribution in [0.25, 0.3) is 285 Å². The molecule has 0 bridgehead atoms. The smallest absolute Gasteiger partial charge is 0.0670 e. The van der Waals surface area contributed by atoms with E-state index < -0.39 is 0 Å². The van der Waals surface area contributed by atoms with Gasteiger partial charge in [-0.2, -0.15) is 0 Å². The number of aromatic nitrogens is 7. The first-order valence-electron chi connectivity index (χ1n) is 50.9. The molecule has 35 rings (SSSR count). The van der Waals surface area contributed by atoms with Crippen molar-refractivity contribution in [3.63, 3.8) is 0 Å². The molecular formula is C136H97N7S6. The maximum Gasteiger partial charge on any atom is 0.0670 e. The zero-order valence-electron chi connectivity index (χ0n) is 83.5. The van der Waals surface area contributed by atoms with E-state index in [9.17, 15) is 0 Å². The average Bonchev–Trinajstić information content (AvgIpc) is 1.54. The van der Waals surface area contributed by atoms with Crippen LogP contribution in [0.3, 0.4) is 0 Å². The van der Waals surface area contributed by atoms with Crippen LogP contribution in [0.15, 0.2) is 425 Å². The molecule has 1 aliphatic rings. The number of benzene rings is 21. The van der Waals surface area contributed by atoms with Crippen LogP contribution in [0.4, 0.5) is 0 Å². The van der Waals surface area contributed by atoms with Crippen molar-refractivity contribution in [2.45, 2.75) is 19.3 Å². The third-order valence-electron chi connectivity index (χ3n) is 32.1. The largest absolute Gasteiger partial charge is 0.344 e. The van der Waals surface area contributed by atoms with E-state index in [0.29, 0.717) is 0 Å². The van der Waals surface area contributed by atoms with Crippen LogP contribution in [0, 0.1) is 0 Å². The SMILES string of the molecule is Cn1c2ccccc2c2c3c(ccc21)sc1ccccc13.Cn1c2ccccc2c2c3sc4ccccc4c3ccc21.Cn1c2ccccc2c2cc3c(cc21)sc1ccccc13.Cn1c2ccccc2c2cc3sc4ccccc4c3cc21.Cn1c2ccccc2c2ccc3c(c21)C(C)(C)c1ccccc1-3.Cn1c2ccccc2c2ccc3c4ccccc4sc3c21.Cn1c2ccccc2c2ccc3sc4ccccc4c3c21. The molecule has 712 valence electrons. The lowest BCUT2D eigenvalue weighted by Gasteiger charge is -2.23. The van der Waals surface area contributed by atoms with Crippen LogP contribution >= 0.6 is 68.0 Å². The van der Waals surface area contributed by atoms with E-state index in [1.165, 1.54) is 296 Å². The van der Waals surface area contributed by atoms with Gasteiger partial charge in [-0.15, -0.1) is 68.0 Å². The second-order valence-corrected chi connectivity index (χ2v) is 46.7. The maximum absolute atomic E-state index is 2.37. The summed E-state index contributed by atoms with van der Waals surface area (Å²) in [6.07, 6.45) is 0. The van der Waals surface area contributed by atoms with Gasteiger partial charge in [0.05, 0.1) is 32.3 Å². The maximum atomic E-state index is 2.37. The van der Waals surface area contributed by atoms with Crippen molar-refractivity contribution < 1.29 is 0 Å². The molecule has 0 aliphatic heterocycles. The zero-order chi connectivity index (χ0) is 99.6. The predicted octanol–water partition coefficient (Wildman–Crippen LogP) is 39.8. The lowest BCUT2D eigenvalue weighted by atomic mass is 9.81. The van der Waals surface area contributed by atoms with Crippen molar-refractivity contribution in [2.24, 2.45) is 49.3 Å². The highest BCUT2D eigenvalue weighted by atomic mass is 32.1. The summed E-state index contributed by atoms with van der Waals surface area (Å²) in [6, 6.07) is 154. The van der Waals surface area contributed by atoms with Gasteiger partial charge in [0, 0.05) is 296 Å². The van der Waals surface area contributed by atoms with E-state index in [1.54, 1.807) is 0 Å². The summed E-state index contributed by atoms with van der Waals surface area (Å²) in [4.78, 5) is 0. The number of hydrogen-bond donors (Lipinski definition) is 0. The lowest BCUT2D eigenvalue weighted by Crippen LogP contribution is -2.16. The third-order valence-corrected chi connectivity index (χ3v) is 39.0. The number of nitrogens with zero attached hydrogens (tertiary/aromatic N) is 7. The molecule has 7 nitrogen and oxygen atoms in total. The molecule has 13 heteroatoms. The monoisotopic (exact) mass is 2020 g/mol. The molecule has 0 atom stereocenters. The fourth-order valence-corrected chi connectivity index (χ4v) is 32.1. The Morgan fingerprint density at radius 3 is 1.01 bits per heavy atom. The van der Waals surface area contributed by atoms with Gasteiger partial charge in [-0.25, -0.2) is 0 Å². The van der Waals surface area contributed by atoms with Crippen LogP contribution in [0.2, 0.25) is 0 Å². The van der Waals surface area contributed by atoms with Crippen molar-refractivity contribution >= 4 is 342 Å². The van der Waals surface area contributed by atoms with Gasteiger partial charge in [-0.3, -0.25) is 0 Å². The number of rotatable bonds is 0. The number of hydrogen-bond acceptors (Lipinski definition) is 6. The minimum atomic E-state index is 0.0353. The van der Waals surface area contributed by atoms with Gasteiger partial charge in [0.1, 0.15) is 0 Å². The molecule has 0 fully saturated rings. The molecule has 1 aliphatic carbocycles. The van der Waals surface area contributed by atoms with Crippen molar-refractivity contribution in [2.75, 3.05) is 0 Å². The molecular weight excluding hydrogens is 1920 g/mol. The molecule has 21 aromatic carbocycles. The fraction of sp³-hybridized carbons (Fsp3) is 0.0735. The second kappa shape index (κ2) is 34.6. The molecule has 13 aromatic heterocycles. The predicted molar refractivity (Wildman–Crippen MR) is 658 cm³/mol. The van der Waals surface area contributed by atoms with E-state index in [2.05, 4.69) is 520 Å². The Morgan fingerprint density at radius 1 is 0.154 bits per heavy atom. The van der Waals surface area contributed by atoms with Crippen LogP contribution in [0.5, 0.6) is 0 Å². The molecule has 0 amide bonds. The van der Waals surface area contributed by atoms with Crippen molar-refractivity contribution in [3.8, 4) is 11.1 Å². The Hall–Kier alpha value is -16.5. The molecule has 0 saturated carbocycles. The molecule has 0 saturated heterocycles.